The van der Waals surface area contributed by atoms with Crippen molar-refractivity contribution in [2.75, 3.05) is 11.9 Å². The number of fused-ring (bicyclic) bond motifs is 1. The summed E-state index contributed by atoms with van der Waals surface area (Å²) in [4.78, 5) is 6.76. The third-order valence-electron chi connectivity index (χ3n) is 4.19. The fraction of sp³-hybridized carbons (Fsp3) is 0.200. The van der Waals surface area contributed by atoms with Crippen molar-refractivity contribution in [3.8, 4) is 6.07 Å². The lowest BCUT2D eigenvalue weighted by molar-refractivity contribution is 0.915. The van der Waals surface area contributed by atoms with Crippen LogP contribution in [0.1, 0.15) is 22.4 Å². The van der Waals surface area contributed by atoms with Crippen LogP contribution in [0.25, 0.3) is 10.9 Å². The quantitative estimate of drug-likeness (QED) is 0.675. The Labute approximate surface area is 147 Å². The third kappa shape index (κ3) is 3.20. The van der Waals surface area contributed by atoms with E-state index in [0.717, 1.165) is 33.9 Å². The average Bonchev–Trinajstić information content (AvgIpc) is 2.56. The van der Waals surface area contributed by atoms with E-state index in [1.807, 2.05) is 44.3 Å². The fourth-order valence-electron chi connectivity index (χ4n) is 2.81. The highest BCUT2D eigenvalue weighted by atomic mass is 35.5. The molecule has 0 spiro atoms. The summed E-state index contributed by atoms with van der Waals surface area (Å²) in [6.07, 6.45) is 0. The highest BCUT2D eigenvalue weighted by Gasteiger charge is 2.09. The maximum atomic E-state index is 8.90. The van der Waals surface area contributed by atoms with Crippen molar-refractivity contribution in [2.24, 2.45) is 0 Å². The van der Waals surface area contributed by atoms with Gasteiger partial charge in [0.25, 0.3) is 0 Å². The minimum absolute atomic E-state index is 0.670. The van der Waals surface area contributed by atoms with Crippen LogP contribution in [-0.2, 0) is 6.54 Å². The van der Waals surface area contributed by atoms with Gasteiger partial charge in [-0.15, -0.1) is 0 Å². The zero-order valence-corrected chi connectivity index (χ0v) is 14.7. The molecule has 2 aromatic carbocycles. The molecule has 0 fully saturated rings. The lowest BCUT2D eigenvalue weighted by Gasteiger charge is -2.21. The van der Waals surface area contributed by atoms with Crippen molar-refractivity contribution in [1.82, 2.24) is 4.98 Å². The topological polar surface area (TPSA) is 39.9 Å². The van der Waals surface area contributed by atoms with Crippen LogP contribution in [0.15, 0.2) is 42.5 Å². The second-order valence-electron chi connectivity index (χ2n) is 6.06. The Hall–Kier alpha value is -2.57. The van der Waals surface area contributed by atoms with E-state index in [-0.39, 0.29) is 0 Å². The number of nitriles is 1. The van der Waals surface area contributed by atoms with E-state index in [2.05, 4.69) is 35.0 Å². The van der Waals surface area contributed by atoms with Crippen LogP contribution >= 0.6 is 11.6 Å². The molecular formula is C20H18ClN3. The number of nitrogens with zero attached hydrogens (tertiary/aromatic N) is 3. The molecule has 120 valence electrons. The van der Waals surface area contributed by atoms with Crippen LogP contribution in [0.4, 0.5) is 5.69 Å². The van der Waals surface area contributed by atoms with E-state index < -0.39 is 0 Å². The van der Waals surface area contributed by atoms with Crippen LogP contribution in [0.5, 0.6) is 0 Å². The Kier molecular flexibility index (Phi) is 4.42. The van der Waals surface area contributed by atoms with E-state index in [9.17, 15) is 0 Å². The van der Waals surface area contributed by atoms with Gasteiger partial charge in [0.05, 0.1) is 22.2 Å². The first-order valence-corrected chi connectivity index (χ1v) is 8.13. The van der Waals surface area contributed by atoms with Gasteiger partial charge in [0.2, 0.25) is 0 Å². The number of anilines is 1. The largest absolute Gasteiger partial charge is 0.370 e. The Morgan fingerprint density at radius 2 is 1.83 bits per heavy atom. The molecule has 0 saturated carbocycles. The summed E-state index contributed by atoms with van der Waals surface area (Å²) in [5.74, 6) is 0. The molecule has 0 radical (unpaired) electrons. The van der Waals surface area contributed by atoms with E-state index >= 15 is 0 Å². The Balaban J connectivity index is 1.94. The van der Waals surface area contributed by atoms with Crippen molar-refractivity contribution in [3.63, 3.8) is 0 Å². The summed E-state index contributed by atoms with van der Waals surface area (Å²) >= 11 is 6.34. The van der Waals surface area contributed by atoms with E-state index in [1.165, 1.54) is 11.1 Å². The van der Waals surface area contributed by atoms with Gasteiger partial charge in [0, 0.05) is 30.4 Å². The second-order valence-corrected chi connectivity index (χ2v) is 6.46. The molecule has 1 heterocycles. The van der Waals surface area contributed by atoms with Crippen LogP contribution in [0, 0.1) is 25.2 Å². The van der Waals surface area contributed by atoms with Crippen LogP contribution in [0.3, 0.4) is 0 Å². The highest BCUT2D eigenvalue weighted by Crippen LogP contribution is 2.27. The normalized spacial score (nSPS) is 10.6. The number of halogens is 1. The second kappa shape index (κ2) is 6.51. The lowest BCUT2D eigenvalue weighted by atomic mass is 10.0. The van der Waals surface area contributed by atoms with Crippen molar-refractivity contribution in [3.05, 3.63) is 69.9 Å². The number of rotatable bonds is 3. The molecule has 24 heavy (non-hydrogen) atoms. The van der Waals surface area contributed by atoms with Gasteiger partial charge in [-0.2, -0.15) is 5.26 Å². The first-order valence-electron chi connectivity index (χ1n) is 7.75. The minimum atomic E-state index is 0.670. The number of hydrogen-bond donors (Lipinski definition) is 0. The molecule has 3 nitrogen and oxygen atoms in total. The smallest absolute Gasteiger partial charge is 0.0991 e. The molecule has 0 atom stereocenters. The number of aromatic nitrogens is 1. The average molecular weight is 336 g/mol. The van der Waals surface area contributed by atoms with Gasteiger partial charge in [0.15, 0.2) is 0 Å². The molecule has 0 saturated heterocycles. The number of aryl methyl sites for hydroxylation is 2. The van der Waals surface area contributed by atoms with Gasteiger partial charge in [-0.05, 0) is 67.4 Å². The Morgan fingerprint density at radius 3 is 2.50 bits per heavy atom. The van der Waals surface area contributed by atoms with Crippen LogP contribution < -0.4 is 4.90 Å². The first-order chi connectivity index (χ1) is 11.5. The molecule has 0 amide bonds. The molecule has 3 aromatic rings. The summed E-state index contributed by atoms with van der Waals surface area (Å²) in [6, 6.07) is 15.9. The van der Waals surface area contributed by atoms with Crippen molar-refractivity contribution in [1.29, 1.82) is 5.26 Å². The summed E-state index contributed by atoms with van der Waals surface area (Å²) in [6.45, 7) is 4.81. The molecule has 0 unspecified atom stereocenters. The Bertz CT molecular complexity index is 940. The number of hydrogen-bond acceptors (Lipinski definition) is 3. The predicted octanol–water partition coefficient (Wildman–Crippen LogP) is 5.01. The molecule has 0 aliphatic carbocycles. The summed E-state index contributed by atoms with van der Waals surface area (Å²) in [5, 5.41) is 10.6. The maximum absolute atomic E-state index is 8.90. The summed E-state index contributed by atoms with van der Waals surface area (Å²) in [7, 11) is 2.04. The number of benzene rings is 2. The van der Waals surface area contributed by atoms with Gasteiger partial charge in [-0.3, -0.25) is 4.98 Å². The van der Waals surface area contributed by atoms with Crippen LogP contribution in [-0.4, -0.2) is 12.0 Å². The summed E-state index contributed by atoms with van der Waals surface area (Å²) in [5.41, 5.74) is 5.99. The zero-order valence-electron chi connectivity index (χ0n) is 14.0. The molecule has 0 N–H and O–H groups in total. The zero-order chi connectivity index (χ0) is 17.3. The molecule has 0 aliphatic heterocycles. The van der Waals surface area contributed by atoms with Crippen molar-refractivity contribution < 1.29 is 0 Å². The molecule has 3 rings (SSSR count). The first kappa shape index (κ1) is 16.3. The minimum Gasteiger partial charge on any atom is -0.370 e. The SMILES string of the molecule is Cc1cc(Cl)c2cc(C)c(CN(C)c3ccc(C#N)cc3)cc2n1. The van der Waals surface area contributed by atoms with Gasteiger partial charge in [-0.1, -0.05) is 11.6 Å². The fourth-order valence-corrected chi connectivity index (χ4v) is 3.12. The maximum Gasteiger partial charge on any atom is 0.0991 e. The Morgan fingerprint density at radius 1 is 1.12 bits per heavy atom. The molecule has 0 aliphatic rings. The monoisotopic (exact) mass is 335 g/mol. The third-order valence-corrected chi connectivity index (χ3v) is 4.50. The van der Waals surface area contributed by atoms with Crippen molar-refractivity contribution in [2.45, 2.75) is 20.4 Å². The lowest BCUT2D eigenvalue weighted by Crippen LogP contribution is -2.17. The number of pyridine rings is 1. The van der Waals surface area contributed by atoms with E-state index in [1.54, 1.807) is 0 Å². The summed E-state index contributed by atoms with van der Waals surface area (Å²) < 4.78 is 0. The molecular weight excluding hydrogens is 318 g/mol. The van der Waals surface area contributed by atoms with Gasteiger partial charge in [-0.25, -0.2) is 0 Å². The van der Waals surface area contributed by atoms with E-state index in [4.69, 9.17) is 16.9 Å². The molecule has 0 bridgehead atoms. The standard InChI is InChI=1S/C20H18ClN3/c1-13-8-18-19(21)9-14(2)23-20(18)10-16(13)12-24(3)17-6-4-15(11-22)5-7-17/h4-10H,12H2,1-3H3. The van der Waals surface area contributed by atoms with Crippen molar-refractivity contribution >= 4 is 28.2 Å². The van der Waals surface area contributed by atoms with Crippen LogP contribution in [0.2, 0.25) is 5.02 Å². The highest BCUT2D eigenvalue weighted by molar-refractivity contribution is 6.35. The predicted molar refractivity (Wildman–Crippen MR) is 99.5 cm³/mol. The van der Waals surface area contributed by atoms with Gasteiger partial charge >= 0.3 is 0 Å². The van der Waals surface area contributed by atoms with E-state index in [0.29, 0.717) is 5.56 Å². The molecule has 1 aromatic heterocycles. The molecule has 4 heteroatoms. The van der Waals surface area contributed by atoms with Gasteiger partial charge < -0.3 is 4.90 Å². The van der Waals surface area contributed by atoms with Gasteiger partial charge in [0.1, 0.15) is 0 Å².